The van der Waals surface area contributed by atoms with Gasteiger partial charge in [0, 0.05) is 25.4 Å². The van der Waals surface area contributed by atoms with Gasteiger partial charge in [0.05, 0.1) is 24.7 Å². The molecule has 0 saturated heterocycles. The number of methoxy groups -OCH3 is 1. The highest BCUT2D eigenvalue weighted by molar-refractivity contribution is 5.95. The van der Waals surface area contributed by atoms with Crippen LogP contribution in [0.5, 0.6) is 0 Å². The van der Waals surface area contributed by atoms with Gasteiger partial charge >= 0.3 is 18.2 Å². The number of anilines is 1. The summed E-state index contributed by atoms with van der Waals surface area (Å²) in [6.07, 6.45) is -1.27. The van der Waals surface area contributed by atoms with E-state index in [9.17, 15) is 27.6 Å². The van der Waals surface area contributed by atoms with Crippen LogP contribution in [-0.4, -0.2) is 46.7 Å². The molecule has 0 aliphatic heterocycles. The Morgan fingerprint density at radius 2 is 1.88 bits per heavy atom. The average molecular weight is 469 g/mol. The van der Waals surface area contributed by atoms with E-state index in [2.05, 4.69) is 20.9 Å². The van der Waals surface area contributed by atoms with Crippen LogP contribution in [0.3, 0.4) is 0 Å². The van der Waals surface area contributed by atoms with Gasteiger partial charge in [0.1, 0.15) is 12.1 Å². The summed E-state index contributed by atoms with van der Waals surface area (Å²) in [5.74, 6) is -1.74. The number of rotatable bonds is 8. The first-order valence-corrected chi connectivity index (χ1v) is 10.0. The van der Waals surface area contributed by atoms with Crippen molar-refractivity contribution in [1.82, 2.24) is 20.2 Å². The lowest BCUT2D eigenvalue weighted by molar-refractivity contribution is -0.145. The first kappa shape index (κ1) is 25.7. The molecule has 0 fully saturated rings. The lowest BCUT2D eigenvalue weighted by Gasteiger charge is -2.24. The van der Waals surface area contributed by atoms with E-state index in [0.29, 0.717) is 5.69 Å². The van der Waals surface area contributed by atoms with Gasteiger partial charge in [0.15, 0.2) is 0 Å². The summed E-state index contributed by atoms with van der Waals surface area (Å²) in [5, 5.41) is 7.28. The molecule has 2 aromatic rings. The molecule has 0 aliphatic rings. The van der Waals surface area contributed by atoms with Crippen LogP contribution < -0.4 is 16.0 Å². The average Bonchev–Trinajstić information content (AvgIpc) is 3.14. The van der Waals surface area contributed by atoms with Crippen LogP contribution in [0.15, 0.2) is 36.8 Å². The van der Waals surface area contributed by atoms with Gasteiger partial charge in [-0.15, -0.1) is 0 Å². The van der Waals surface area contributed by atoms with Crippen molar-refractivity contribution in [2.24, 2.45) is 13.0 Å². The third-order valence-electron chi connectivity index (χ3n) is 4.66. The number of nitrogens with one attached hydrogen (secondary N) is 3. The number of carbonyl (C=O) groups excluding carboxylic acids is 3. The van der Waals surface area contributed by atoms with E-state index in [0.717, 1.165) is 18.2 Å². The zero-order valence-electron chi connectivity index (χ0n) is 18.6. The van der Waals surface area contributed by atoms with Crippen molar-refractivity contribution in [2.75, 3.05) is 12.4 Å². The molecule has 0 unspecified atom stereocenters. The number of carbonyl (C=O) groups is 3. The SMILES string of the molecule is COC(=O)[C@H](Cc1cn(C)cn1)NC(=O)[C@@H](NC(=O)Nc1cccc(C(F)(F)F)c1)C(C)C. The number of esters is 1. The molecule has 3 amide bonds. The molecule has 2 atom stereocenters. The van der Waals surface area contributed by atoms with E-state index >= 15 is 0 Å². The Bertz CT molecular complexity index is 990. The molecule has 180 valence electrons. The third kappa shape index (κ3) is 7.51. The number of aryl methyl sites for hydroxylation is 1. The number of urea groups is 1. The van der Waals surface area contributed by atoms with Crippen molar-refractivity contribution in [2.45, 2.75) is 38.5 Å². The number of aromatic nitrogens is 2. The Hall–Kier alpha value is -3.57. The second-order valence-electron chi connectivity index (χ2n) is 7.72. The Labute approximate surface area is 188 Å². The van der Waals surface area contributed by atoms with Crippen molar-refractivity contribution < 1.29 is 32.3 Å². The third-order valence-corrected chi connectivity index (χ3v) is 4.66. The summed E-state index contributed by atoms with van der Waals surface area (Å²) < 4.78 is 45.1. The molecule has 0 radical (unpaired) electrons. The number of halogens is 3. The molecule has 9 nitrogen and oxygen atoms in total. The fourth-order valence-electron chi connectivity index (χ4n) is 3.00. The largest absolute Gasteiger partial charge is 0.467 e. The van der Waals surface area contributed by atoms with Crippen LogP contribution in [0.1, 0.15) is 25.1 Å². The van der Waals surface area contributed by atoms with Gasteiger partial charge in [-0.2, -0.15) is 13.2 Å². The smallest absolute Gasteiger partial charge is 0.416 e. The maximum Gasteiger partial charge on any atom is 0.416 e. The molecular formula is C21H26F3N5O4. The van der Waals surface area contributed by atoms with E-state index in [1.165, 1.54) is 13.2 Å². The molecule has 12 heteroatoms. The van der Waals surface area contributed by atoms with E-state index in [-0.39, 0.29) is 12.1 Å². The Balaban J connectivity index is 2.08. The number of hydrogen-bond acceptors (Lipinski definition) is 5. The van der Waals surface area contributed by atoms with Gasteiger partial charge in [-0.25, -0.2) is 14.6 Å². The summed E-state index contributed by atoms with van der Waals surface area (Å²) in [6, 6.07) is 1.11. The van der Waals surface area contributed by atoms with Crippen molar-refractivity contribution in [1.29, 1.82) is 0 Å². The topological polar surface area (TPSA) is 114 Å². The summed E-state index contributed by atoms with van der Waals surface area (Å²) in [4.78, 5) is 41.5. The van der Waals surface area contributed by atoms with Crippen LogP contribution in [0.4, 0.5) is 23.7 Å². The van der Waals surface area contributed by atoms with E-state index in [1.54, 1.807) is 38.0 Å². The standard InChI is InChI=1S/C21H26F3N5O4/c1-12(2)17(28-20(32)26-14-7-5-6-13(8-14)21(22,23)24)18(30)27-16(19(31)33-4)9-15-10-29(3)11-25-15/h5-8,10-12,16-17H,9H2,1-4H3,(H,27,30)(H2,26,28,32)/t16-,17-/m0/s1. The monoisotopic (exact) mass is 469 g/mol. The number of imidazole rings is 1. The minimum absolute atomic E-state index is 0.0699. The zero-order valence-corrected chi connectivity index (χ0v) is 18.6. The number of alkyl halides is 3. The van der Waals surface area contributed by atoms with Crippen molar-refractivity contribution in [3.8, 4) is 0 Å². The maximum absolute atomic E-state index is 12.9. The molecule has 1 aromatic carbocycles. The highest BCUT2D eigenvalue weighted by Crippen LogP contribution is 2.30. The first-order valence-electron chi connectivity index (χ1n) is 10.0. The fourth-order valence-corrected chi connectivity index (χ4v) is 3.00. The molecule has 1 heterocycles. The summed E-state index contributed by atoms with van der Waals surface area (Å²) in [5.41, 5.74) is -0.466. The number of ether oxygens (including phenoxy) is 1. The zero-order chi connectivity index (χ0) is 24.8. The molecule has 3 N–H and O–H groups in total. The molecule has 0 bridgehead atoms. The molecule has 0 saturated carbocycles. The van der Waals surface area contributed by atoms with Gasteiger partial charge < -0.3 is 25.3 Å². The Kier molecular flexibility index (Phi) is 8.44. The summed E-state index contributed by atoms with van der Waals surface area (Å²) in [7, 11) is 2.94. The van der Waals surface area contributed by atoms with Gasteiger partial charge in [0.2, 0.25) is 5.91 Å². The van der Waals surface area contributed by atoms with Crippen LogP contribution in [0.2, 0.25) is 0 Å². The van der Waals surface area contributed by atoms with Gasteiger partial charge in [-0.3, -0.25) is 4.79 Å². The van der Waals surface area contributed by atoms with Crippen molar-refractivity contribution in [3.05, 3.63) is 48.0 Å². The quantitative estimate of drug-likeness (QED) is 0.514. The highest BCUT2D eigenvalue weighted by Gasteiger charge is 2.32. The van der Waals surface area contributed by atoms with Crippen molar-refractivity contribution >= 4 is 23.6 Å². The Morgan fingerprint density at radius 3 is 2.42 bits per heavy atom. The lowest BCUT2D eigenvalue weighted by atomic mass is 10.0. The Morgan fingerprint density at radius 1 is 1.18 bits per heavy atom. The number of amides is 3. The summed E-state index contributed by atoms with van der Waals surface area (Å²) in [6.45, 7) is 3.33. The summed E-state index contributed by atoms with van der Waals surface area (Å²) >= 11 is 0. The van der Waals surface area contributed by atoms with E-state index in [1.807, 2.05) is 0 Å². The van der Waals surface area contributed by atoms with Gasteiger partial charge in [-0.05, 0) is 24.1 Å². The first-order chi connectivity index (χ1) is 15.4. The number of hydrogen-bond donors (Lipinski definition) is 3. The molecule has 0 spiro atoms. The second kappa shape index (κ2) is 10.8. The lowest BCUT2D eigenvalue weighted by Crippen LogP contribution is -2.55. The number of benzene rings is 1. The minimum atomic E-state index is -4.56. The van der Waals surface area contributed by atoms with Gasteiger partial charge in [-0.1, -0.05) is 19.9 Å². The predicted octanol–water partition coefficient (Wildman–Crippen LogP) is 2.49. The van der Waals surface area contributed by atoms with Crippen LogP contribution >= 0.6 is 0 Å². The van der Waals surface area contributed by atoms with E-state index in [4.69, 9.17) is 4.74 Å². The molecule has 1 aromatic heterocycles. The van der Waals surface area contributed by atoms with Crippen LogP contribution in [0.25, 0.3) is 0 Å². The predicted molar refractivity (Wildman–Crippen MR) is 113 cm³/mol. The number of nitrogens with zero attached hydrogens (tertiary/aromatic N) is 2. The normalized spacial score (nSPS) is 13.2. The highest BCUT2D eigenvalue weighted by atomic mass is 19.4. The second-order valence-corrected chi connectivity index (χ2v) is 7.72. The molecule has 0 aliphatic carbocycles. The maximum atomic E-state index is 12.9. The molecule has 33 heavy (non-hydrogen) atoms. The van der Waals surface area contributed by atoms with E-state index < -0.39 is 47.6 Å². The fraction of sp³-hybridized carbons (Fsp3) is 0.429. The molecular weight excluding hydrogens is 443 g/mol. The van der Waals surface area contributed by atoms with Crippen LogP contribution in [0, 0.1) is 5.92 Å². The van der Waals surface area contributed by atoms with Gasteiger partial charge in [0.25, 0.3) is 0 Å². The van der Waals surface area contributed by atoms with Crippen LogP contribution in [-0.2, 0) is 34.0 Å². The molecule has 2 rings (SSSR count). The van der Waals surface area contributed by atoms with Crippen molar-refractivity contribution in [3.63, 3.8) is 0 Å². The minimum Gasteiger partial charge on any atom is -0.467 e.